The maximum atomic E-state index is 14.3. The van der Waals surface area contributed by atoms with Crippen molar-refractivity contribution in [2.24, 2.45) is 5.41 Å². The van der Waals surface area contributed by atoms with E-state index in [1.807, 2.05) is 41.8 Å². The number of carbonyl (C=O) groups is 3. The van der Waals surface area contributed by atoms with E-state index < -0.39 is 6.04 Å². The number of amides is 4. The minimum Gasteiger partial charge on any atom is -0.341 e. The lowest BCUT2D eigenvalue weighted by Crippen LogP contribution is -2.54. The van der Waals surface area contributed by atoms with Crippen molar-refractivity contribution < 1.29 is 14.4 Å². The lowest BCUT2D eigenvalue weighted by molar-refractivity contribution is -0.136. The molecule has 260 valence electrons. The van der Waals surface area contributed by atoms with Crippen LogP contribution in [0.1, 0.15) is 56.2 Å². The average Bonchev–Trinajstić information content (AvgIpc) is 3.84. The van der Waals surface area contributed by atoms with Crippen LogP contribution >= 0.6 is 0 Å². The third kappa shape index (κ3) is 6.41. The molecule has 4 aromatic rings. The van der Waals surface area contributed by atoms with E-state index in [-0.39, 0.29) is 41.0 Å². The summed E-state index contributed by atoms with van der Waals surface area (Å²) in [4.78, 5) is 66.4. The topological polar surface area (TPSA) is 164 Å². The monoisotopic (exact) mass is 670 g/mol. The SMILES string of the molecule is CN[C@@H](C)C(=O)N1CCC2(CCN(C(=O)C(Cc3cc(C)c4[nH]ncc4c3)NC(=O)N3CCC(n4c(=O)[nH]c5ncccc54)CC3)C2)CC1. The van der Waals surface area contributed by atoms with Crippen LogP contribution < -0.4 is 16.3 Å². The Morgan fingerprint density at radius 2 is 1.76 bits per heavy atom. The summed E-state index contributed by atoms with van der Waals surface area (Å²) in [5.74, 6) is 0.0377. The summed E-state index contributed by atoms with van der Waals surface area (Å²) >= 11 is 0. The Morgan fingerprint density at radius 3 is 2.49 bits per heavy atom. The van der Waals surface area contributed by atoms with Crippen LogP contribution in [0.5, 0.6) is 0 Å². The summed E-state index contributed by atoms with van der Waals surface area (Å²) in [5.41, 5.74) is 4.05. The highest BCUT2D eigenvalue weighted by Gasteiger charge is 2.44. The third-order valence-corrected chi connectivity index (χ3v) is 11.1. The summed E-state index contributed by atoms with van der Waals surface area (Å²) in [6, 6.07) is 6.49. The van der Waals surface area contributed by atoms with Gasteiger partial charge >= 0.3 is 11.7 Å². The van der Waals surface area contributed by atoms with Gasteiger partial charge in [-0.05, 0) is 87.7 Å². The molecular formula is C35H46N10O4. The van der Waals surface area contributed by atoms with E-state index in [2.05, 4.69) is 36.9 Å². The molecule has 6 heterocycles. The van der Waals surface area contributed by atoms with Crippen molar-refractivity contribution >= 4 is 39.9 Å². The van der Waals surface area contributed by atoms with Gasteiger partial charge in [0, 0.05) is 63.3 Å². The molecule has 14 heteroatoms. The Labute approximate surface area is 284 Å². The smallest absolute Gasteiger partial charge is 0.327 e. The Balaban J connectivity index is 1.04. The molecule has 0 saturated carbocycles. The van der Waals surface area contributed by atoms with Crippen molar-refractivity contribution in [1.29, 1.82) is 0 Å². The number of rotatable bonds is 7. The Morgan fingerprint density at radius 1 is 1.02 bits per heavy atom. The van der Waals surface area contributed by atoms with E-state index in [9.17, 15) is 19.2 Å². The molecule has 1 spiro atoms. The number of imidazole rings is 1. The zero-order valence-corrected chi connectivity index (χ0v) is 28.5. The second kappa shape index (κ2) is 13.3. The number of hydrogen-bond acceptors (Lipinski definition) is 7. The van der Waals surface area contributed by atoms with E-state index in [0.717, 1.165) is 46.8 Å². The quantitative estimate of drug-likeness (QED) is 0.234. The summed E-state index contributed by atoms with van der Waals surface area (Å²) in [6.07, 6.45) is 7.62. The highest BCUT2D eigenvalue weighted by molar-refractivity contribution is 5.88. The fourth-order valence-electron chi connectivity index (χ4n) is 8.11. The van der Waals surface area contributed by atoms with Crippen molar-refractivity contribution in [1.82, 2.24) is 50.1 Å². The number of benzene rings is 1. The molecule has 3 saturated heterocycles. The van der Waals surface area contributed by atoms with Gasteiger partial charge in [0.25, 0.3) is 0 Å². The number of H-pyrrole nitrogens is 2. The van der Waals surface area contributed by atoms with Gasteiger partial charge in [0.2, 0.25) is 11.8 Å². The Hall–Kier alpha value is -4.72. The highest BCUT2D eigenvalue weighted by Crippen LogP contribution is 2.41. The van der Waals surface area contributed by atoms with Crippen molar-refractivity contribution in [2.45, 2.75) is 70.5 Å². The maximum absolute atomic E-state index is 14.3. The molecule has 0 bridgehead atoms. The van der Waals surface area contributed by atoms with Crippen molar-refractivity contribution in [3.05, 3.63) is 58.3 Å². The van der Waals surface area contributed by atoms with Gasteiger partial charge in [-0.1, -0.05) is 6.07 Å². The molecular weight excluding hydrogens is 624 g/mol. The number of aromatic nitrogens is 5. The summed E-state index contributed by atoms with van der Waals surface area (Å²) in [6.45, 7) is 7.45. The average molecular weight is 671 g/mol. The number of fused-ring (bicyclic) bond motifs is 2. The minimum atomic E-state index is -0.746. The second-order valence-electron chi connectivity index (χ2n) is 14.2. The number of hydrogen-bond donors (Lipinski definition) is 4. The highest BCUT2D eigenvalue weighted by atomic mass is 16.2. The predicted molar refractivity (Wildman–Crippen MR) is 185 cm³/mol. The molecule has 7 rings (SSSR count). The third-order valence-electron chi connectivity index (χ3n) is 11.1. The molecule has 1 aromatic carbocycles. The van der Waals surface area contributed by atoms with Gasteiger partial charge in [-0.15, -0.1) is 0 Å². The number of likely N-dealkylation sites (N-methyl/N-ethyl adjacent to an activating group) is 1. The molecule has 3 aliphatic rings. The number of nitrogens with zero attached hydrogens (tertiary/aromatic N) is 6. The summed E-state index contributed by atoms with van der Waals surface area (Å²) in [7, 11) is 1.80. The molecule has 0 aliphatic carbocycles. The van der Waals surface area contributed by atoms with E-state index >= 15 is 0 Å². The van der Waals surface area contributed by atoms with Gasteiger partial charge in [-0.25, -0.2) is 14.6 Å². The molecule has 4 amide bonds. The number of urea groups is 1. The molecule has 3 fully saturated rings. The van der Waals surface area contributed by atoms with E-state index in [4.69, 9.17) is 0 Å². The Bertz CT molecular complexity index is 1910. The van der Waals surface area contributed by atoms with Gasteiger partial charge in [-0.2, -0.15) is 5.10 Å². The standard InChI is InChI=1S/C35H46N10O4/c1-22-17-24(18-25-20-38-41-29(22)25)19-27(32(47)44-16-10-35(21-44)8-14-42(15-9-35)31(46)23(2)36-3)39-33(48)43-12-6-26(7-13-43)45-28-5-4-11-37-30(28)40-34(45)49/h4-5,11,17-18,20,23,26-27,36H,6-10,12-16,19,21H2,1-3H3,(H,38,41)(H,39,48)(H,37,40,49)/t23-,27?/m0/s1. The first kappa shape index (κ1) is 32.8. The number of aryl methyl sites for hydroxylation is 1. The number of nitrogens with one attached hydrogen (secondary N) is 4. The second-order valence-corrected chi connectivity index (χ2v) is 14.2. The van der Waals surface area contributed by atoms with Crippen LogP contribution in [0.4, 0.5) is 4.79 Å². The number of carbonyl (C=O) groups excluding carboxylic acids is 3. The first-order chi connectivity index (χ1) is 23.6. The maximum Gasteiger partial charge on any atom is 0.327 e. The van der Waals surface area contributed by atoms with Crippen LogP contribution in [0, 0.1) is 12.3 Å². The Kier molecular flexibility index (Phi) is 8.90. The van der Waals surface area contributed by atoms with Crippen molar-refractivity contribution in [2.75, 3.05) is 46.3 Å². The van der Waals surface area contributed by atoms with Crippen LogP contribution in [0.3, 0.4) is 0 Å². The van der Waals surface area contributed by atoms with E-state index in [1.54, 1.807) is 28.9 Å². The van der Waals surface area contributed by atoms with Gasteiger partial charge in [0.1, 0.15) is 6.04 Å². The van der Waals surface area contributed by atoms with Crippen molar-refractivity contribution in [3.8, 4) is 0 Å². The van der Waals surface area contributed by atoms with Gasteiger partial charge < -0.3 is 25.3 Å². The summed E-state index contributed by atoms with van der Waals surface area (Å²) < 4.78 is 1.75. The number of piperidine rings is 2. The molecule has 14 nitrogen and oxygen atoms in total. The van der Waals surface area contributed by atoms with Crippen LogP contribution in [-0.4, -0.2) is 116 Å². The zero-order chi connectivity index (χ0) is 34.3. The molecule has 3 aromatic heterocycles. The fourth-order valence-corrected chi connectivity index (χ4v) is 8.11. The van der Waals surface area contributed by atoms with Gasteiger partial charge in [0.15, 0.2) is 5.65 Å². The molecule has 2 atom stereocenters. The molecule has 49 heavy (non-hydrogen) atoms. The lowest BCUT2D eigenvalue weighted by atomic mass is 9.77. The van der Waals surface area contributed by atoms with E-state index in [0.29, 0.717) is 64.2 Å². The van der Waals surface area contributed by atoms with Gasteiger partial charge in [-0.3, -0.25) is 24.2 Å². The number of pyridine rings is 1. The zero-order valence-electron chi connectivity index (χ0n) is 28.5. The number of aromatic amines is 2. The molecule has 4 N–H and O–H groups in total. The minimum absolute atomic E-state index is 0.0198. The van der Waals surface area contributed by atoms with Crippen LogP contribution in [0.25, 0.3) is 22.1 Å². The van der Waals surface area contributed by atoms with Crippen LogP contribution in [0.15, 0.2) is 41.5 Å². The first-order valence-electron chi connectivity index (χ1n) is 17.4. The van der Waals surface area contributed by atoms with Crippen LogP contribution in [-0.2, 0) is 16.0 Å². The summed E-state index contributed by atoms with van der Waals surface area (Å²) in [5, 5.41) is 14.3. The van der Waals surface area contributed by atoms with E-state index in [1.165, 1.54) is 0 Å². The first-order valence-corrected chi connectivity index (χ1v) is 17.4. The molecule has 3 aliphatic heterocycles. The molecule has 0 radical (unpaired) electrons. The van der Waals surface area contributed by atoms with Gasteiger partial charge in [0.05, 0.1) is 23.3 Å². The largest absolute Gasteiger partial charge is 0.341 e. The normalized spacial score (nSPS) is 19.5. The molecule has 1 unspecified atom stereocenters. The number of likely N-dealkylation sites (tertiary alicyclic amines) is 3. The van der Waals surface area contributed by atoms with Crippen molar-refractivity contribution in [3.63, 3.8) is 0 Å². The fraction of sp³-hybridized carbons (Fsp3) is 0.543. The van der Waals surface area contributed by atoms with Crippen LogP contribution in [0.2, 0.25) is 0 Å². The lowest BCUT2D eigenvalue weighted by Gasteiger charge is -2.40. The predicted octanol–water partition coefficient (Wildman–Crippen LogP) is 2.32.